The van der Waals surface area contributed by atoms with Gasteiger partial charge < -0.3 is 0 Å². The first-order valence-corrected chi connectivity index (χ1v) is 10.2. The van der Waals surface area contributed by atoms with Crippen molar-refractivity contribution in [2.45, 2.75) is 28.0 Å². The van der Waals surface area contributed by atoms with Crippen LogP contribution in [0.2, 0.25) is 5.02 Å². The largest absolute Gasteiger partial charge is 0.276 e. The summed E-state index contributed by atoms with van der Waals surface area (Å²) in [4.78, 5) is 12.9. The third-order valence-electron chi connectivity index (χ3n) is 3.22. The number of benzene rings is 2. The summed E-state index contributed by atoms with van der Waals surface area (Å²) in [5.41, 5.74) is 0.921. The fraction of sp³-hybridized carbons (Fsp3) is 0.188. The molecule has 0 aliphatic carbocycles. The van der Waals surface area contributed by atoms with Crippen LogP contribution in [0.5, 0.6) is 0 Å². The van der Waals surface area contributed by atoms with Gasteiger partial charge >= 0.3 is 0 Å². The molecule has 0 saturated heterocycles. The van der Waals surface area contributed by atoms with E-state index >= 15 is 0 Å². The second-order valence-electron chi connectivity index (χ2n) is 4.89. The van der Waals surface area contributed by atoms with Crippen LogP contribution in [-0.2, 0) is 16.3 Å². The zero-order valence-corrected chi connectivity index (χ0v) is 15.6. The number of rotatable bonds is 5. The van der Waals surface area contributed by atoms with Crippen molar-refractivity contribution < 1.29 is 13.2 Å². The van der Waals surface area contributed by atoms with Crippen LogP contribution in [0.15, 0.2) is 51.1 Å². The van der Waals surface area contributed by atoms with Crippen molar-refractivity contribution in [3.05, 3.63) is 52.5 Å². The summed E-state index contributed by atoms with van der Waals surface area (Å²) in [7, 11) is -3.52. The maximum atomic E-state index is 12.1. The fourth-order valence-electron chi connectivity index (χ4n) is 2.09. The van der Waals surface area contributed by atoms with Crippen LogP contribution in [0, 0.1) is 0 Å². The second kappa shape index (κ2) is 7.26. The van der Waals surface area contributed by atoms with Gasteiger partial charge in [-0.2, -0.15) is 0 Å². The zero-order valence-electron chi connectivity index (χ0n) is 12.5. The number of carbonyl (C=O) groups is 1. The van der Waals surface area contributed by atoms with Gasteiger partial charge in [-0.1, -0.05) is 42.4 Å². The number of halogens is 2. The molecule has 0 atom stereocenters. The van der Waals surface area contributed by atoms with Crippen LogP contribution < -0.4 is 0 Å². The van der Waals surface area contributed by atoms with Gasteiger partial charge in [-0.15, -0.1) is 0 Å². The Morgan fingerprint density at radius 3 is 2.35 bits per heavy atom. The SMILES string of the molecule is CCc1cc(Sc2ccccc2Cl)c(S(C)(=O)=O)cc1C(=O)Cl. The van der Waals surface area contributed by atoms with E-state index in [-0.39, 0.29) is 10.5 Å². The first-order valence-electron chi connectivity index (χ1n) is 6.73. The third-order valence-corrected chi connectivity index (χ3v) is 6.26. The fourth-order valence-corrected chi connectivity index (χ4v) is 4.77. The number of carbonyl (C=O) groups excluding carboxylic acids is 1. The summed E-state index contributed by atoms with van der Waals surface area (Å²) in [6, 6.07) is 10.2. The summed E-state index contributed by atoms with van der Waals surface area (Å²) in [5, 5.41) is -0.131. The van der Waals surface area contributed by atoms with Crippen LogP contribution in [0.3, 0.4) is 0 Å². The third kappa shape index (κ3) is 4.29. The van der Waals surface area contributed by atoms with Gasteiger partial charge in [0.25, 0.3) is 5.24 Å². The molecule has 0 spiro atoms. The van der Waals surface area contributed by atoms with Crippen LogP contribution in [-0.4, -0.2) is 19.9 Å². The lowest BCUT2D eigenvalue weighted by molar-refractivity contribution is 0.108. The van der Waals surface area contributed by atoms with E-state index in [1.165, 1.54) is 17.8 Å². The quantitative estimate of drug-likeness (QED) is 0.687. The van der Waals surface area contributed by atoms with E-state index in [0.717, 1.165) is 11.2 Å². The first-order chi connectivity index (χ1) is 10.7. The Morgan fingerprint density at radius 2 is 1.83 bits per heavy atom. The molecule has 0 unspecified atom stereocenters. The molecule has 0 heterocycles. The molecule has 0 fully saturated rings. The Bertz CT molecular complexity index is 862. The molecular weight excluding hydrogens is 375 g/mol. The molecular formula is C16H14Cl2O3S2. The van der Waals surface area contributed by atoms with E-state index in [0.29, 0.717) is 21.9 Å². The molecule has 0 aliphatic rings. The lowest BCUT2D eigenvalue weighted by Gasteiger charge is -2.13. The van der Waals surface area contributed by atoms with E-state index in [9.17, 15) is 13.2 Å². The molecule has 0 saturated carbocycles. The molecule has 2 aromatic carbocycles. The minimum absolute atomic E-state index is 0.0728. The van der Waals surface area contributed by atoms with Gasteiger partial charge in [-0.25, -0.2) is 8.42 Å². The maximum absolute atomic E-state index is 12.1. The molecule has 0 radical (unpaired) electrons. The predicted octanol–water partition coefficient (Wildman–Crippen LogP) is 4.84. The average Bonchev–Trinajstić information content (AvgIpc) is 2.47. The molecule has 2 rings (SSSR count). The Hall–Kier alpha value is -1.01. The summed E-state index contributed by atoms with van der Waals surface area (Å²) >= 11 is 13.0. The topological polar surface area (TPSA) is 51.2 Å². The number of hydrogen-bond donors (Lipinski definition) is 0. The first kappa shape index (κ1) is 18.3. The molecule has 0 amide bonds. The van der Waals surface area contributed by atoms with Crippen LogP contribution in [0.4, 0.5) is 0 Å². The Balaban J connectivity index is 2.66. The normalized spacial score (nSPS) is 11.5. The number of sulfone groups is 1. The van der Waals surface area contributed by atoms with Crippen molar-refractivity contribution in [1.29, 1.82) is 0 Å². The summed E-state index contributed by atoms with van der Waals surface area (Å²) in [5.74, 6) is 0. The lowest BCUT2D eigenvalue weighted by Crippen LogP contribution is -2.05. The summed E-state index contributed by atoms with van der Waals surface area (Å²) in [6.07, 6.45) is 1.67. The van der Waals surface area contributed by atoms with E-state index in [2.05, 4.69) is 0 Å². The van der Waals surface area contributed by atoms with Crippen LogP contribution in [0.1, 0.15) is 22.8 Å². The van der Waals surface area contributed by atoms with Crippen molar-refractivity contribution in [2.75, 3.05) is 6.26 Å². The van der Waals surface area contributed by atoms with E-state index < -0.39 is 15.1 Å². The summed E-state index contributed by atoms with van der Waals surface area (Å²) < 4.78 is 24.2. The summed E-state index contributed by atoms with van der Waals surface area (Å²) in [6.45, 7) is 1.88. The molecule has 23 heavy (non-hydrogen) atoms. The zero-order chi connectivity index (χ0) is 17.2. The van der Waals surface area contributed by atoms with Crippen LogP contribution >= 0.6 is 35.0 Å². The highest BCUT2D eigenvalue weighted by Gasteiger charge is 2.20. The van der Waals surface area contributed by atoms with E-state index in [4.69, 9.17) is 23.2 Å². The van der Waals surface area contributed by atoms with Crippen LogP contribution in [0.25, 0.3) is 0 Å². The second-order valence-corrected chi connectivity index (χ2v) is 8.71. The van der Waals surface area contributed by atoms with Crippen molar-refractivity contribution in [1.82, 2.24) is 0 Å². The van der Waals surface area contributed by atoms with Gasteiger partial charge in [-0.05, 0) is 47.9 Å². The Morgan fingerprint density at radius 1 is 1.17 bits per heavy atom. The molecule has 122 valence electrons. The van der Waals surface area contributed by atoms with Gasteiger partial charge in [0.05, 0.1) is 9.92 Å². The van der Waals surface area contributed by atoms with Crippen molar-refractivity contribution >= 4 is 50.0 Å². The molecule has 0 bridgehead atoms. The lowest BCUT2D eigenvalue weighted by atomic mass is 10.1. The molecule has 2 aromatic rings. The highest BCUT2D eigenvalue weighted by molar-refractivity contribution is 8.00. The molecule has 3 nitrogen and oxygen atoms in total. The minimum Gasteiger partial charge on any atom is -0.276 e. The monoisotopic (exact) mass is 388 g/mol. The maximum Gasteiger partial charge on any atom is 0.252 e. The van der Waals surface area contributed by atoms with Gasteiger partial charge in [0.2, 0.25) is 0 Å². The van der Waals surface area contributed by atoms with Crippen molar-refractivity contribution in [2.24, 2.45) is 0 Å². The standard InChI is InChI=1S/C16H14Cl2O3S2/c1-3-10-8-14(22-13-7-5-4-6-12(13)17)15(23(2,20)21)9-11(10)16(18)19/h4-9H,3H2,1-2H3. The highest BCUT2D eigenvalue weighted by Crippen LogP contribution is 2.38. The van der Waals surface area contributed by atoms with Gasteiger partial charge in [-0.3, -0.25) is 4.79 Å². The van der Waals surface area contributed by atoms with E-state index in [1.807, 2.05) is 19.1 Å². The van der Waals surface area contributed by atoms with Gasteiger partial charge in [0.1, 0.15) is 0 Å². The van der Waals surface area contributed by atoms with Gasteiger partial charge in [0, 0.05) is 21.6 Å². The molecule has 0 aromatic heterocycles. The Kier molecular flexibility index (Phi) is 5.79. The Labute approximate surface area is 149 Å². The molecule has 0 N–H and O–H groups in total. The van der Waals surface area contributed by atoms with Gasteiger partial charge in [0.15, 0.2) is 9.84 Å². The smallest absolute Gasteiger partial charge is 0.252 e. The molecule has 7 heteroatoms. The van der Waals surface area contributed by atoms with Crippen molar-refractivity contribution in [3.8, 4) is 0 Å². The predicted molar refractivity (Wildman–Crippen MR) is 94.7 cm³/mol. The van der Waals surface area contributed by atoms with Crippen molar-refractivity contribution in [3.63, 3.8) is 0 Å². The van der Waals surface area contributed by atoms with E-state index in [1.54, 1.807) is 18.2 Å². The minimum atomic E-state index is -3.52. The average molecular weight is 389 g/mol. The number of hydrogen-bond acceptors (Lipinski definition) is 4. The molecule has 0 aliphatic heterocycles. The number of aryl methyl sites for hydroxylation is 1. The highest BCUT2D eigenvalue weighted by atomic mass is 35.5.